The van der Waals surface area contributed by atoms with Gasteiger partial charge in [0.2, 0.25) is 0 Å². The monoisotopic (exact) mass is 1480 g/mol. The molecule has 0 aromatic carbocycles. The van der Waals surface area contributed by atoms with Crippen LogP contribution in [0, 0.1) is 0 Å². The van der Waals surface area contributed by atoms with E-state index < -0.39 is 11.9 Å². The number of halogens is 6. The first-order chi connectivity index (χ1) is 25.4. The molecule has 6 aromatic heterocycles. The molecule has 0 N–H and O–H groups in total. The maximum absolute atomic E-state index is 11.7. The van der Waals surface area contributed by atoms with Gasteiger partial charge in [-0.2, -0.15) is 0 Å². The van der Waals surface area contributed by atoms with Gasteiger partial charge in [0.15, 0.2) is 0 Å². The van der Waals surface area contributed by atoms with Crippen LogP contribution in [0.5, 0.6) is 0 Å². The fourth-order valence-corrected chi connectivity index (χ4v) is 3.88. The van der Waals surface area contributed by atoms with Gasteiger partial charge in [0.05, 0.1) is 58.5 Å². The van der Waals surface area contributed by atoms with Crippen molar-refractivity contribution in [2.45, 2.75) is 13.8 Å². The van der Waals surface area contributed by atoms with Crippen LogP contribution in [0.1, 0.15) is 34.6 Å². The van der Waals surface area contributed by atoms with E-state index in [9.17, 15) is 9.59 Å². The Hall–Kier alpha value is -1.16. The number of rotatable bonds is 7. The second kappa shape index (κ2) is 32.0. The molecule has 6 heterocycles. The first-order valence-corrected chi connectivity index (χ1v) is 40.2. The first-order valence-electron chi connectivity index (χ1n) is 15.1. The van der Waals surface area contributed by atoms with Gasteiger partial charge in [-0.15, -0.1) is 0 Å². The van der Waals surface area contributed by atoms with Crippen LogP contribution in [0.4, 0.5) is 0 Å². The molecule has 0 unspecified atom stereocenters. The number of esters is 2. The van der Waals surface area contributed by atoms with Crippen molar-refractivity contribution >= 4 is 86.4 Å². The molecule has 0 saturated heterocycles. The Morgan fingerprint density at radius 3 is 0.962 bits per heavy atom. The van der Waals surface area contributed by atoms with E-state index in [-0.39, 0.29) is 19.5 Å². The number of carbonyl (C=O) groups excluding carboxylic acids is 2. The molecule has 0 aliphatic carbocycles. The molecule has 0 fully saturated rings. The Bertz CT molecular complexity index is 1650. The molecule has 0 saturated carbocycles. The molecule has 0 bridgehead atoms. The fourth-order valence-electron chi connectivity index (χ4n) is 3.88. The second-order valence-electron chi connectivity index (χ2n) is 9.27. The van der Waals surface area contributed by atoms with E-state index in [2.05, 4.69) is 104 Å². The van der Waals surface area contributed by atoms with E-state index in [1.807, 2.05) is 72.8 Å². The van der Waals surface area contributed by atoms with E-state index in [1.165, 1.54) is 12.4 Å². The topological polar surface area (TPSA) is 130 Å². The minimum Gasteiger partial charge on any atom is -0.255 e. The molecule has 6 aromatic rings. The molecule has 0 aliphatic heterocycles. The molecule has 0 aliphatic rings. The summed E-state index contributed by atoms with van der Waals surface area (Å²) in [6.45, 7) is 4.08. The van der Waals surface area contributed by atoms with Crippen LogP contribution < -0.4 is 26.5 Å². The third-order valence-electron chi connectivity index (χ3n) is 5.99. The van der Waals surface area contributed by atoms with Crippen LogP contribution in [0.2, 0.25) is 0 Å². The van der Waals surface area contributed by atoms with Gasteiger partial charge in [0.25, 0.3) is 0 Å². The Labute approximate surface area is 382 Å². The predicted molar refractivity (Wildman–Crippen MR) is 230 cm³/mol. The van der Waals surface area contributed by atoms with Gasteiger partial charge in [-0.3, -0.25) is 29.9 Å². The van der Waals surface area contributed by atoms with Crippen molar-refractivity contribution in [3.05, 3.63) is 145 Å². The Balaban J connectivity index is 0.000000386. The van der Waals surface area contributed by atoms with Gasteiger partial charge in [0, 0.05) is 37.2 Å². The van der Waals surface area contributed by atoms with Gasteiger partial charge in [-0.25, -0.2) is 9.59 Å². The number of carbonyl (C=O) groups is 2. The van der Waals surface area contributed by atoms with E-state index >= 15 is 0 Å². The Morgan fingerprint density at radius 2 is 0.736 bits per heavy atom. The van der Waals surface area contributed by atoms with Gasteiger partial charge in [0.1, 0.15) is 0 Å². The summed E-state index contributed by atoms with van der Waals surface area (Å²) in [5, 5.41) is 0. The minimum atomic E-state index is -0.423. The minimum absolute atomic E-state index is 0. The molecule has 0 atom stereocenters. The average molecular weight is 1480 g/mol. The van der Waals surface area contributed by atoms with Crippen LogP contribution in [-0.4, -0.2) is 55.1 Å². The molecule has 0 radical (unpaired) electrons. The van der Waals surface area contributed by atoms with Crippen molar-refractivity contribution in [2.75, 3.05) is 13.2 Å². The quantitative estimate of drug-likeness (QED) is 0.130. The number of pyridine rings is 6. The van der Waals surface area contributed by atoms with Crippen LogP contribution in [0.25, 0.3) is 34.2 Å². The average Bonchev–Trinajstić information content (AvgIpc) is 3.21. The summed E-state index contributed by atoms with van der Waals surface area (Å²) < 4.78 is 9.90. The van der Waals surface area contributed by atoms with Crippen molar-refractivity contribution in [3.63, 3.8) is 0 Å². The predicted octanol–water partition coefficient (Wildman–Crippen LogP) is 4.33. The summed E-state index contributed by atoms with van der Waals surface area (Å²) in [5.74, 6) is -0.847. The Kier molecular flexibility index (Phi) is 30.1. The summed E-state index contributed by atoms with van der Waals surface area (Å²) in [5.41, 5.74) is 5.39. The van der Waals surface area contributed by atoms with Crippen LogP contribution in [-0.2, 0) is 29.0 Å². The third kappa shape index (κ3) is 20.5. The second-order valence-corrected chi connectivity index (χ2v) is 41.8. The van der Waals surface area contributed by atoms with Crippen LogP contribution in [0.15, 0.2) is 134 Å². The zero-order valence-corrected chi connectivity index (χ0v) is 42.7. The first kappa shape index (κ1) is 49.9. The van der Waals surface area contributed by atoms with Gasteiger partial charge in [-0.05, 0) is 86.6 Å². The SMILES string of the molecule is CCOC(=O)c1ccnc(-c2cc(C(=O)OCC)ccn2)c1.I[I-]I.I[I-]I.[Ru+2].c1ccc(-c2ccccn2)nc1.c1ccc(-c2ccccn2)nc1. The normalized spacial score (nSPS) is 9.40. The van der Waals surface area contributed by atoms with Crippen molar-refractivity contribution in [2.24, 2.45) is 0 Å². The van der Waals surface area contributed by atoms with Crippen molar-refractivity contribution in [1.29, 1.82) is 0 Å². The Morgan fingerprint density at radius 1 is 0.472 bits per heavy atom. The van der Waals surface area contributed by atoms with Gasteiger partial charge < -0.3 is 9.47 Å². The number of hydrogen-bond donors (Lipinski definition) is 0. The molecule has 280 valence electrons. The summed E-state index contributed by atoms with van der Waals surface area (Å²) in [6, 6.07) is 29.5. The molecule has 10 nitrogen and oxygen atoms in total. The smallest absolute Gasteiger partial charge is 0.255 e. The summed E-state index contributed by atoms with van der Waals surface area (Å²) in [7, 11) is 0. The standard InChI is InChI=1S/C16H16N2O4.2C10H8N2.2I3.Ru/c1-3-21-15(19)11-5-7-17-13(9-11)14-10-12(6-8-18-14)16(20)22-4-2;2*1-3-7-11-9(5-1)10-6-2-4-8-12-10;2*1-3-2;/h5-10H,3-4H2,1-2H3;2*1-8H;;;/q;;;2*-1;+2. The molecular formula is C36H32I6N6O4Ru. The molecule has 53 heavy (non-hydrogen) atoms. The zero-order chi connectivity index (χ0) is 37.8. The van der Waals surface area contributed by atoms with E-state index in [4.69, 9.17) is 9.47 Å². The third-order valence-corrected chi connectivity index (χ3v) is 5.99. The van der Waals surface area contributed by atoms with Crippen molar-refractivity contribution < 1.29 is 65.1 Å². The van der Waals surface area contributed by atoms with Gasteiger partial charge in [-0.1, -0.05) is 24.3 Å². The maximum Gasteiger partial charge on any atom is 2.00 e. The molecular weight excluding hydrogens is 1440 g/mol. The van der Waals surface area contributed by atoms with Crippen molar-refractivity contribution in [1.82, 2.24) is 29.9 Å². The zero-order valence-electron chi connectivity index (χ0n) is 28.1. The molecule has 6 rings (SSSR count). The number of ether oxygens (including phenoxy) is 2. The maximum atomic E-state index is 11.7. The molecule has 0 amide bonds. The van der Waals surface area contributed by atoms with Crippen molar-refractivity contribution in [3.8, 4) is 34.2 Å². The summed E-state index contributed by atoms with van der Waals surface area (Å²) in [6.07, 6.45) is 10.1. The summed E-state index contributed by atoms with van der Waals surface area (Å²) in [4.78, 5) is 48.6. The van der Waals surface area contributed by atoms with E-state index in [1.54, 1.807) is 62.9 Å². The van der Waals surface area contributed by atoms with Crippen LogP contribution in [0.3, 0.4) is 0 Å². The largest absolute Gasteiger partial charge is 2.00 e. The van der Waals surface area contributed by atoms with Crippen LogP contribution >= 0.6 is 74.5 Å². The van der Waals surface area contributed by atoms with Gasteiger partial charge >= 0.3 is 132 Å². The molecule has 17 heteroatoms. The number of nitrogens with zero attached hydrogens (tertiary/aromatic N) is 6. The van der Waals surface area contributed by atoms with E-state index in [0.717, 1.165) is 22.8 Å². The fraction of sp³-hybridized carbons (Fsp3) is 0.111. The summed E-state index contributed by atoms with van der Waals surface area (Å²) >= 11 is 10.6. The van der Waals surface area contributed by atoms with E-state index in [0.29, 0.717) is 62.2 Å². The number of aromatic nitrogens is 6. The molecule has 0 spiro atoms. The number of hydrogen-bond acceptors (Lipinski definition) is 10.